The summed E-state index contributed by atoms with van der Waals surface area (Å²) in [5, 5.41) is 14.5. The summed E-state index contributed by atoms with van der Waals surface area (Å²) in [6.45, 7) is 3.21. The van der Waals surface area contributed by atoms with Gasteiger partial charge in [0, 0.05) is 14.8 Å². The number of β-lactam (4-membered cyclic amide) rings is 1. The summed E-state index contributed by atoms with van der Waals surface area (Å²) in [6, 6.07) is 12.8. The molecule has 0 radical (unpaired) electrons. The van der Waals surface area contributed by atoms with Crippen molar-refractivity contribution in [3.8, 4) is 0 Å². The SMILES string of the molecule is CC1(C)S[C@@H]2C(NC(=O)C(NC(=O)CN=C(N)c3ccc(Br)cc3)c3ccccc3)C(=O)N2[C@H]1C(=O)O. The number of hydrogen-bond acceptors (Lipinski definition) is 6. The van der Waals surface area contributed by atoms with E-state index in [1.54, 1.807) is 68.4 Å². The van der Waals surface area contributed by atoms with Gasteiger partial charge < -0.3 is 26.4 Å². The number of rotatable bonds is 8. The van der Waals surface area contributed by atoms with Gasteiger partial charge in [-0.1, -0.05) is 58.4 Å². The van der Waals surface area contributed by atoms with Gasteiger partial charge in [0.05, 0.1) is 0 Å². The minimum Gasteiger partial charge on any atom is -0.480 e. The Morgan fingerprint density at radius 3 is 2.43 bits per heavy atom. The molecule has 2 fully saturated rings. The van der Waals surface area contributed by atoms with Crippen LogP contribution in [0.1, 0.15) is 31.0 Å². The number of aliphatic imine (C=N–C) groups is 1. The third-order valence-electron chi connectivity index (χ3n) is 6.21. The van der Waals surface area contributed by atoms with Crippen molar-refractivity contribution in [2.45, 2.75) is 42.1 Å². The van der Waals surface area contributed by atoms with Crippen molar-refractivity contribution >= 4 is 57.2 Å². The number of fused-ring (bicyclic) bond motifs is 1. The zero-order valence-electron chi connectivity index (χ0n) is 20.1. The fourth-order valence-electron chi connectivity index (χ4n) is 4.40. The first kappa shape index (κ1) is 26.7. The summed E-state index contributed by atoms with van der Waals surface area (Å²) >= 11 is 4.67. The number of carboxylic acid groups (broad SMARTS) is 1. The van der Waals surface area contributed by atoms with Crippen LogP contribution >= 0.6 is 27.7 Å². The molecule has 2 unspecified atom stereocenters. The average Bonchev–Trinajstić information content (AvgIpc) is 3.13. The van der Waals surface area contributed by atoms with Crippen LogP contribution in [0.25, 0.3) is 0 Å². The maximum Gasteiger partial charge on any atom is 0.327 e. The zero-order chi connectivity index (χ0) is 26.9. The van der Waals surface area contributed by atoms with Crippen molar-refractivity contribution in [3.63, 3.8) is 0 Å². The molecule has 12 heteroatoms. The van der Waals surface area contributed by atoms with Crippen LogP contribution in [0.4, 0.5) is 0 Å². The molecule has 2 aromatic carbocycles. The Labute approximate surface area is 226 Å². The Bertz CT molecular complexity index is 1250. The number of thioether (sulfide) groups is 1. The number of carbonyl (C=O) groups is 4. The number of halogens is 1. The highest BCUT2D eigenvalue weighted by molar-refractivity contribution is 9.10. The topological polar surface area (TPSA) is 154 Å². The van der Waals surface area contributed by atoms with Crippen LogP contribution in [0.2, 0.25) is 0 Å². The summed E-state index contributed by atoms with van der Waals surface area (Å²) in [4.78, 5) is 56.0. The first-order chi connectivity index (χ1) is 17.5. The lowest BCUT2D eigenvalue weighted by Gasteiger charge is -2.44. The van der Waals surface area contributed by atoms with Crippen LogP contribution < -0.4 is 16.4 Å². The lowest BCUT2D eigenvalue weighted by atomic mass is 9.95. The van der Waals surface area contributed by atoms with E-state index >= 15 is 0 Å². The smallest absolute Gasteiger partial charge is 0.327 e. The monoisotopic (exact) mass is 587 g/mol. The van der Waals surface area contributed by atoms with E-state index < -0.39 is 51.9 Å². The van der Waals surface area contributed by atoms with Crippen molar-refractivity contribution in [1.82, 2.24) is 15.5 Å². The van der Waals surface area contributed by atoms with Crippen LogP contribution in [0.5, 0.6) is 0 Å². The molecule has 2 aromatic rings. The molecule has 2 heterocycles. The standard InChI is InChI=1S/C25H26BrN5O5S/c1-25(2)19(24(35)36)31-22(34)18(23(31)37-25)30-21(33)17(13-6-4-3-5-7-13)29-16(32)12-28-20(27)14-8-10-15(26)11-9-14/h3-11,17-19,23H,12H2,1-2H3,(H2,27,28)(H,29,32)(H,30,33)(H,35,36)/t17?,18?,19-,23+/m0/s1. The number of nitrogens with one attached hydrogen (secondary N) is 2. The molecule has 10 nitrogen and oxygen atoms in total. The minimum absolute atomic E-state index is 0.178. The second kappa shape index (κ2) is 10.5. The molecular weight excluding hydrogens is 562 g/mol. The molecule has 4 rings (SSSR count). The van der Waals surface area contributed by atoms with E-state index in [9.17, 15) is 24.3 Å². The molecule has 5 N–H and O–H groups in total. The minimum atomic E-state index is -1.09. The largest absolute Gasteiger partial charge is 0.480 e. The maximum atomic E-state index is 13.3. The molecular formula is C25H26BrN5O5S. The highest BCUT2D eigenvalue weighted by Gasteiger charge is 2.64. The van der Waals surface area contributed by atoms with Gasteiger partial charge in [-0.3, -0.25) is 19.4 Å². The number of carbonyl (C=O) groups excluding carboxylic acids is 3. The predicted octanol–water partition coefficient (Wildman–Crippen LogP) is 1.64. The van der Waals surface area contributed by atoms with Crippen LogP contribution in [-0.4, -0.2) is 68.3 Å². The molecule has 0 aromatic heterocycles. The number of aliphatic carboxylic acids is 1. The summed E-state index contributed by atoms with van der Waals surface area (Å²) < 4.78 is 0.162. The number of amides is 3. The first-order valence-electron chi connectivity index (χ1n) is 11.4. The van der Waals surface area contributed by atoms with E-state index in [4.69, 9.17) is 5.73 Å². The van der Waals surface area contributed by atoms with Gasteiger partial charge >= 0.3 is 5.97 Å². The van der Waals surface area contributed by atoms with Gasteiger partial charge in [0.15, 0.2) is 0 Å². The summed E-state index contributed by atoms with van der Waals surface area (Å²) in [7, 11) is 0. The second-order valence-corrected chi connectivity index (χ2v) is 11.9. The van der Waals surface area contributed by atoms with Gasteiger partial charge in [0.25, 0.3) is 0 Å². The molecule has 2 aliphatic rings. The van der Waals surface area contributed by atoms with Crippen LogP contribution in [-0.2, 0) is 19.2 Å². The predicted molar refractivity (Wildman–Crippen MR) is 143 cm³/mol. The molecule has 2 saturated heterocycles. The van der Waals surface area contributed by atoms with Gasteiger partial charge in [-0.15, -0.1) is 11.8 Å². The third kappa shape index (κ3) is 5.49. The number of carboxylic acids is 1. The zero-order valence-corrected chi connectivity index (χ0v) is 22.5. The maximum absolute atomic E-state index is 13.3. The fraction of sp³-hybridized carbons (Fsp3) is 0.320. The average molecular weight is 588 g/mol. The molecule has 0 bridgehead atoms. The lowest BCUT2D eigenvalue weighted by Crippen LogP contribution is -2.71. The van der Waals surface area contributed by atoms with Crippen molar-refractivity contribution in [3.05, 3.63) is 70.2 Å². The van der Waals surface area contributed by atoms with E-state index in [1.807, 2.05) is 0 Å². The van der Waals surface area contributed by atoms with E-state index in [-0.39, 0.29) is 12.4 Å². The van der Waals surface area contributed by atoms with Crippen LogP contribution in [0.3, 0.4) is 0 Å². The Morgan fingerprint density at radius 1 is 1.16 bits per heavy atom. The van der Waals surface area contributed by atoms with Gasteiger partial charge in [-0.25, -0.2) is 4.79 Å². The van der Waals surface area contributed by atoms with E-state index in [1.165, 1.54) is 16.7 Å². The molecule has 4 atom stereocenters. The van der Waals surface area contributed by atoms with Gasteiger partial charge in [0.2, 0.25) is 17.7 Å². The molecule has 3 amide bonds. The fourth-order valence-corrected chi connectivity index (χ4v) is 6.29. The quantitative estimate of drug-likeness (QED) is 0.208. The summed E-state index contributed by atoms with van der Waals surface area (Å²) in [6.07, 6.45) is 0. The van der Waals surface area contributed by atoms with Gasteiger partial charge in [0.1, 0.15) is 35.9 Å². The van der Waals surface area contributed by atoms with Gasteiger partial charge in [-0.05, 0) is 31.5 Å². The summed E-state index contributed by atoms with van der Waals surface area (Å²) in [5.41, 5.74) is 7.16. The molecule has 0 spiro atoms. The van der Waals surface area contributed by atoms with Crippen molar-refractivity contribution in [2.24, 2.45) is 10.7 Å². The number of hydrogen-bond donors (Lipinski definition) is 4. The molecule has 2 aliphatic heterocycles. The normalized spacial score (nSPS) is 23.0. The highest BCUT2D eigenvalue weighted by Crippen LogP contribution is 2.50. The molecule has 0 aliphatic carbocycles. The number of nitrogens with zero attached hydrogens (tertiary/aromatic N) is 2. The van der Waals surface area contributed by atoms with Crippen molar-refractivity contribution in [1.29, 1.82) is 0 Å². The number of benzene rings is 2. The van der Waals surface area contributed by atoms with Crippen molar-refractivity contribution < 1.29 is 24.3 Å². The van der Waals surface area contributed by atoms with Gasteiger partial charge in [-0.2, -0.15) is 0 Å². The Hall–Kier alpha value is -3.38. The molecule has 194 valence electrons. The van der Waals surface area contributed by atoms with Crippen LogP contribution in [0, 0.1) is 0 Å². The Balaban J connectivity index is 1.46. The Morgan fingerprint density at radius 2 is 1.81 bits per heavy atom. The number of nitrogens with two attached hydrogens (primary N) is 1. The van der Waals surface area contributed by atoms with Crippen LogP contribution in [0.15, 0.2) is 64.1 Å². The number of amidine groups is 1. The third-order valence-corrected chi connectivity index (χ3v) is 8.31. The molecule has 0 saturated carbocycles. The highest BCUT2D eigenvalue weighted by atomic mass is 79.9. The second-order valence-electron chi connectivity index (χ2n) is 9.20. The molecule has 37 heavy (non-hydrogen) atoms. The lowest BCUT2D eigenvalue weighted by molar-refractivity contribution is -0.161. The van der Waals surface area contributed by atoms with Crippen molar-refractivity contribution in [2.75, 3.05) is 6.54 Å². The van der Waals surface area contributed by atoms with E-state index in [0.29, 0.717) is 11.1 Å². The Kier molecular flexibility index (Phi) is 7.60. The summed E-state index contributed by atoms with van der Waals surface area (Å²) in [5.74, 6) is -2.49. The van der Waals surface area contributed by atoms with E-state index in [2.05, 4.69) is 31.6 Å². The van der Waals surface area contributed by atoms with E-state index in [0.717, 1.165) is 4.47 Å². The first-order valence-corrected chi connectivity index (χ1v) is 13.1.